The van der Waals surface area contributed by atoms with Crippen molar-refractivity contribution in [2.45, 2.75) is 29.4 Å². The van der Waals surface area contributed by atoms with Crippen LogP contribution in [0.2, 0.25) is 3.67 Å². The third kappa shape index (κ3) is 2.37. The molecule has 0 amide bonds. The van der Waals surface area contributed by atoms with E-state index in [-0.39, 0.29) is 24.8 Å². The van der Waals surface area contributed by atoms with E-state index in [2.05, 4.69) is 24.3 Å². The SMILES string of the molecule is [Cl-].[Cl-].[Hf+2][CH]1C2C=CC=CC2C2CCCCC12. The van der Waals surface area contributed by atoms with E-state index in [4.69, 9.17) is 0 Å². The van der Waals surface area contributed by atoms with Gasteiger partial charge in [0.1, 0.15) is 0 Å². The molecule has 3 heteroatoms. The Labute approximate surface area is 126 Å². The molecule has 0 aromatic rings. The van der Waals surface area contributed by atoms with Crippen molar-refractivity contribution in [1.82, 2.24) is 0 Å². The first kappa shape index (κ1) is 15.0. The Hall–Kier alpha value is 0.930. The topological polar surface area (TPSA) is 0 Å². The standard InChI is InChI=1S/C13H17.2ClH.Hf/c1-3-7-12-10(5-1)9-11-6-2-4-8-13(11)12;;;/h1,3,5,7,9-13H,2,4,6,8H2;2*1H;/q;;;+2/p-2. The molecule has 87 valence electrons. The maximum absolute atomic E-state index is 2.51. The van der Waals surface area contributed by atoms with Crippen LogP contribution in [0.15, 0.2) is 24.3 Å². The summed E-state index contributed by atoms with van der Waals surface area (Å²) in [4.78, 5) is 0. The predicted octanol–water partition coefficient (Wildman–Crippen LogP) is -2.49. The molecule has 0 saturated heterocycles. The van der Waals surface area contributed by atoms with Crippen molar-refractivity contribution in [3.8, 4) is 0 Å². The van der Waals surface area contributed by atoms with Crippen molar-refractivity contribution in [2.24, 2.45) is 23.7 Å². The first-order valence-corrected chi connectivity index (χ1v) is 8.01. The van der Waals surface area contributed by atoms with Gasteiger partial charge in [0.2, 0.25) is 0 Å². The Morgan fingerprint density at radius 2 is 1.38 bits per heavy atom. The molecule has 0 N–H and O–H groups in total. The van der Waals surface area contributed by atoms with Crippen LogP contribution >= 0.6 is 0 Å². The fraction of sp³-hybridized carbons (Fsp3) is 0.692. The predicted molar refractivity (Wildman–Crippen MR) is 54.5 cm³/mol. The molecular weight excluding hydrogens is 406 g/mol. The van der Waals surface area contributed by atoms with Crippen molar-refractivity contribution in [1.29, 1.82) is 0 Å². The van der Waals surface area contributed by atoms with Crippen LogP contribution in [0.4, 0.5) is 0 Å². The van der Waals surface area contributed by atoms with Gasteiger partial charge in [-0.1, -0.05) is 0 Å². The van der Waals surface area contributed by atoms with Crippen LogP contribution < -0.4 is 24.8 Å². The van der Waals surface area contributed by atoms with E-state index in [0.29, 0.717) is 0 Å². The molecule has 0 bridgehead atoms. The zero-order chi connectivity index (χ0) is 9.54. The molecule has 3 rings (SSSR count). The van der Waals surface area contributed by atoms with Gasteiger partial charge in [-0.3, -0.25) is 0 Å². The number of hydrogen-bond donors (Lipinski definition) is 0. The number of halogens is 2. The Morgan fingerprint density at radius 3 is 2.06 bits per heavy atom. The summed E-state index contributed by atoms with van der Waals surface area (Å²) < 4.78 is 1.08. The average molecular weight is 423 g/mol. The van der Waals surface area contributed by atoms with Crippen LogP contribution in [0.5, 0.6) is 0 Å². The summed E-state index contributed by atoms with van der Waals surface area (Å²) in [6.45, 7) is 0. The molecule has 2 saturated carbocycles. The molecule has 3 aliphatic rings. The van der Waals surface area contributed by atoms with E-state index in [9.17, 15) is 0 Å². The molecule has 0 aromatic heterocycles. The second kappa shape index (κ2) is 6.20. The molecule has 0 heterocycles. The van der Waals surface area contributed by atoms with Crippen molar-refractivity contribution in [3.63, 3.8) is 0 Å². The van der Waals surface area contributed by atoms with E-state index in [0.717, 1.165) is 27.3 Å². The van der Waals surface area contributed by atoms with E-state index < -0.39 is 0 Å². The van der Waals surface area contributed by atoms with E-state index in [1.165, 1.54) is 50.1 Å². The van der Waals surface area contributed by atoms with Crippen molar-refractivity contribution in [3.05, 3.63) is 24.3 Å². The number of allylic oxidation sites excluding steroid dienone is 4. The molecular formula is C13H17Cl2Hf. The summed E-state index contributed by atoms with van der Waals surface area (Å²) in [6, 6.07) is 0. The third-order valence-corrected chi connectivity index (χ3v) is 7.39. The van der Waals surface area contributed by atoms with Gasteiger partial charge < -0.3 is 24.8 Å². The van der Waals surface area contributed by atoms with Gasteiger partial charge in [0.25, 0.3) is 0 Å². The number of hydrogen-bond acceptors (Lipinski definition) is 0. The second-order valence-electron chi connectivity index (χ2n) is 5.06. The van der Waals surface area contributed by atoms with Gasteiger partial charge in [0.15, 0.2) is 0 Å². The first-order chi connectivity index (χ1) is 6.88. The zero-order valence-electron chi connectivity index (χ0n) is 9.28. The van der Waals surface area contributed by atoms with Crippen LogP contribution in [-0.4, -0.2) is 0 Å². The van der Waals surface area contributed by atoms with Gasteiger partial charge in [0, 0.05) is 0 Å². The van der Waals surface area contributed by atoms with Gasteiger partial charge in [0.05, 0.1) is 0 Å². The van der Waals surface area contributed by atoms with Gasteiger partial charge in [-0.05, 0) is 0 Å². The first-order valence-electron chi connectivity index (χ1n) is 5.94. The average Bonchev–Trinajstić information content (AvgIpc) is 2.55. The zero-order valence-corrected chi connectivity index (χ0v) is 14.4. The summed E-state index contributed by atoms with van der Waals surface area (Å²) in [5, 5.41) is 0. The normalized spacial score (nSPS) is 44.0. The van der Waals surface area contributed by atoms with Crippen molar-refractivity contribution < 1.29 is 49.2 Å². The van der Waals surface area contributed by atoms with Crippen LogP contribution in [0.3, 0.4) is 0 Å². The van der Waals surface area contributed by atoms with E-state index >= 15 is 0 Å². The summed E-state index contributed by atoms with van der Waals surface area (Å²) >= 11 is 1.41. The third-order valence-electron chi connectivity index (χ3n) is 4.47. The van der Waals surface area contributed by atoms with E-state index in [1.54, 1.807) is 0 Å². The van der Waals surface area contributed by atoms with Gasteiger partial charge in [-0.25, -0.2) is 0 Å². The molecule has 0 spiro atoms. The summed E-state index contributed by atoms with van der Waals surface area (Å²) in [5.41, 5.74) is 0. The van der Waals surface area contributed by atoms with Crippen molar-refractivity contribution >= 4 is 0 Å². The van der Waals surface area contributed by atoms with Crippen LogP contribution in [0, 0.1) is 23.7 Å². The molecule has 2 fully saturated rings. The summed E-state index contributed by atoms with van der Waals surface area (Å²) in [7, 11) is 0. The summed E-state index contributed by atoms with van der Waals surface area (Å²) in [6.07, 6.45) is 15.6. The van der Waals surface area contributed by atoms with Crippen LogP contribution in [0.25, 0.3) is 0 Å². The number of fused-ring (bicyclic) bond motifs is 3. The maximum atomic E-state index is 2.51. The van der Waals surface area contributed by atoms with Crippen LogP contribution in [-0.2, 0) is 24.4 Å². The molecule has 16 heavy (non-hydrogen) atoms. The minimum absolute atomic E-state index is 0. The van der Waals surface area contributed by atoms with Gasteiger partial charge in [-0.15, -0.1) is 0 Å². The van der Waals surface area contributed by atoms with E-state index in [1.807, 2.05) is 0 Å². The Bertz CT molecular complexity index is 288. The molecule has 0 aliphatic heterocycles. The minimum atomic E-state index is 0. The fourth-order valence-corrected chi connectivity index (χ4v) is 6.51. The second-order valence-corrected chi connectivity index (χ2v) is 7.46. The Balaban J connectivity index is 0.000000640. The molecule has 0 nitrogen and oxygen atoms in total. The van der Waals surface area contributed by atoms with Crippen molar-refractivity contribution in [2.75, 3.05) is 0 Å². The fourth-order valence-electron chi connectivity index (χ4n) is 3.83. The molecule has 0 radical (unpaired) electrons. The molecule has 5 atom stereocenters. The number of rotatable bonds is 0. The molecule has 3 aliphatic carbocycles. The Kier molecular flexibility index (Phi) is 5.81. The molecule has 5 unspecified atom stereocenters. The molecule has 0 aromatic carbocycles. The monoisotopic (exact) mass is 423 g/mol. The van der Waals surface area contributed by atoms with Crippen LogP contribution in [0.1, 0.15) is 25.7 Å². The summed E-state index contributed by atoms with van der Waals surface area (Å²) in [5.74, 6) is 4.00. The quantitative estimate of drug-likeness (QED) is 0.379. The Morgan fingerprint density at radius 1 is 0.812 bits per heavy atom. The van der Waals surface area contributed by atoms with Gasteiger partial charge >= 0.3 is 102 Å². The van der Waals surface area contributed by atoms with Gasteiger partial charge in [-0.2, -0.15) is 0 Å².